The van der Waals surface area contributed by atoms with Crippen LogP contribution in [-0.4, -0.2) is 41.8 Å². The number of amides is 2. The number of hydrogen-bond donors (Lipinski definition) is 3. The second-order valence-electron chi connectivity index (χ2n) is 10.7. The number of hydrogen-bond acceptors (Lipinski definition) is 4. The van der Waals surface area contributed by atoms with Crippen LogP contribution in [0.5, 0.6) is 0 Å². The van der Waals surface area contributed by atoms with Crippen LogP contribution < -0.4 is 10.6 Å². The fourth-order valence-corrected chi connectivity index (χ4v) is 5.27. The van der Waals surface area contributed by atoms with Gasteiger partial charge in [0, 0.05) is 17.9 Å². The zero-order chi connectivity index (χ0) is 25.2. The molecule has 2 amide bonds. The van der Waals surface area contributed by atoms with Crippen LogP contribution in [0.25, 0.3) is 11.1 Å². The van der Waals surface area contributed by atoms with Crippen LogP contribution in [0, 0.1) is 11.3 Å². The van der Waals surface area contributed by atoms with Crippen molar-refractivity contribution >= 4 is 18.0 Å². The topological polar surface area (TPSA) is 105 Å². The number of fused-ring (bicyclic) bond motifs is 3. The highest BCUT2D eigenvalue weighted by Gasteiger charge is 2.36. The molecule has 2 aliphatic carbocycles. The van der Waals surface area contributed by atoms with Crippen molar-refractivity contribution in [3.8, 4) is 11.1 Å². The van der Waals surface area contributed by atoms with E-state index in [0.29, 0.717) is 12.8 Å². The fourth-order valence-electron chi connectivity index (χ4n) is 5.27. The number of benzene rings is 2. The highest BCUT2D eigenvalue weighted by atomic mass is 16.5. The molecule has 0 aromatic heterocycles. The minimum atomic E-state index is -1.05. The van der Waals surface area contributed by atoms with Crippen LogP contribution >= 0.6 is 0 Å². The van der Waals surface area contributed by atoms with Gasteiger partial charge in [-0.15, -0.1) is 0 Å². The summed E-state index contributed by atoms with van der Waals surface area (Å²) in [6, 6.07) is 15.2. The predicted molar refractivity (Wildman–Crippen MR) is 133 cm³/mol. The lowest BCUT2D eigenvalue weighted by atomic mass is 9.83. The van der Waals surface area contributed by atoms with Crippen molar-refractivity contribution < 1.29 is 24.2 Å². The van der Waals surface area contributed by atoms with Gasteiger partial charge in [0.15, 0.2) is 0 Å². The van der Waals surface area contributed by atoms with Crippen molar-refractivity contribution in [2.75, 3.05) is 6.61 Å². The molecule has 0 spiro atoms. The molecule has 2 aliphatic rings. The number of carbonyl (C=O) groups excluding carboxylic acids is 2. The standard InChI is InChI=1S/C28H34N2O5/c1-28(2,3)24(26(32)33)30-25(31)17-9-8-10-18(15-17)29-27(34)35-16-23-21-13-6-4-11-19(21)20-12-5-7-14-22(20)23/h4-7,11-14,17-18,23-24H,8-10,15-16H2,1-3H3,(H,29,34)(H,30,31)(H,32,33)/t17-,18+,24-/m1/s1. The summed E-state index contributed by atoms with van der Waals surface area (Å²) >= 11 is 0. The number of carbonyl (C=O) groups is 3. The lowest BCUT2D eigenvalue weighted by Crippen LogP contribution is -2.52. The average molecular weight is 479 g/mol. The Morgan fingerprint density at radius 2 is 1.60 bits per heavy atom. The number of carboxylic acids is 1. The van der Waals surface area contributed by atoms with Crippen LogP contribution in [0.3, 0.4) is 0 Å². The maximum absolute atomic E-state index is 12.8. The van der Waals surface area contributed by atoms with Crippen molar-refractivity contribution in [2.24, 2.45) is 11.3 Å². The van der Waals surface area contributed by atoms with E-state index in [-0.39, 0.29) is 30.4 Å². The summed E-state index contributed by atoms with van der Waals surface area (Å²) in [7, 11) is 0. The second kappa shape index (κ2) is 10.1. The van der Waals surface area contributed by atoms with Gasteiger partial charge in [-0.25, -0.2) is 9.59 Å². The first kappa shape index (κ1) is 24.8. The molecule has 7 heteroatoms. The lowest BCUT2D eigenvalue weighted by molar-refractivity contribution is -0.145. The molecule has 4 rings (SSSR count). The van der Waals surface area contributed by atoms with Gasteiger partial charge >= 0.3 is 12.1 Å². The Morgan fingerprint density at radius 1 is 1.00 bits per heavy atom. The van der Waals surface area contributed by atoms with Gasteiger partial charge in [0.25, 0.3) is 0 Å². The molecule has 2 aromatic carbocycles. The lowest BCUT2D eigenvalue weighted by Gasteiger charge is -2.32. The van der Waals surface area contributed by atoms with Crippen molar-refractivity contribution in [3.63, 3.8) is 0 Å². The molecular weight excluding hydrogens is 444 g/mol. The van der Waals surface area contributed by atoms with E-state index in [4.69, 9.17) is 4.74 Å². The molecule has 1 saturated carbocycles. The van der Waals surface area contributed by atoms with E-state index < -0.39 is 23.5 Å². The Kier molecular flexibility index (Phi) is 7.15. The van der Waals surface area contributed by atoms with Crippen LogP contribution in [-0.2, 0) is 14.3 Å². The number of alkyl carbamates (subject to hydrolysis) is 1. The van der Waals surface area contributed by atoms with Gasteiger partial charge in [-0.1, -0.05) is 75.7 Å². The van der Waals surface area contributed by atoms with Crippen molar-refractivity contribution in [2.45, 2.75) is 64.5 Å². The third-order valence-corrected chi connectivity index (χ3v) is 7.11. The molecule has 3 atom stereocenters. The molecule has 0 radical (unpaired) electrons. The minimum Gasteiger partial charge on any atom is -0.480 e. The molecular formula is C28H34N2O5. The van der Waals surface area contributed by atoms with E-state index in [1.807, 2.05) is 24.3 Å². The monoisotopic (exact) mass is 478 g/mol. The SMILES string of the molecule is CC(C)(C)[C@H](NC(=O)[C@@H]1CCC[C@H](NC(=O)OCC2c3ccccc3-c3ccccc32)C1)C(=O)O. The van der Waals surface area contributed by atoms with Gasteiger partial charge in [-0.05, 0) is 46.9 Å². The van der Waals surface area contributed by atoms with Crippen LogP contribution in [0.4, 0.5) is 4.79 Å². The molecule has 0 unspecified atom stereocenters. The van der Waals surface area contributed by atoms with E-state index in [2.05, 4.69) is 34.9 Å². The Balaban J connectivity index is 1.33. The summed E-state index contributed by atoms with van der Waals surface area (Å²) < 4.78 is 5.65. The van der Waals surface area contributed by atoms with Crippen molar-refractivity contribution in [3.05, 3.63) is 59.7 Å². The Labute approximate surface area is 206 Å². The first-order valence-corrected chi connectivity index (χ1v) is 12.3. The summed E-state index contributed by atoms with van der Waals surface area (Å²) in [6.07, 6.45) is 2.18. The highest BCUT2D eigenvalue weighted by molar-refractivity contribution is 5.85. The van der Waals surface area contributed by atoms with E-state index in [0.717, 1.165) is 24.0 Å². The zero-order valence-electron chi connectivity index (χ0n) is 20.5. The minimum absolute atomic E-state index is 0.0108. The van der Waals surface area contributed by atoms with Gasteiger partial charge in [-0.3, -0.25) is 4.79 Å². The number of aliphatic carboxylic acids is 1. The smallest absolute Gasteiger partial charge is 0.407 e. The summed E-state index contributed by atoms with van der Waals surface area (Å²) in [5, 5.41) is 15.1. The predicted octanol–water partition coefficient (Wildman–Crippen LogP) is 4.70. The fraction of sp³-hybridized carbons (Fsp3) is 0.464. The molecule has 3 N–H and O–H groups in total. The molecule has 186 valence electrons. The van der Waals surface area contributed by atoms with Gasteiger partial charge < -0.3 is 20.5 Å². The third kappa shape index (κ3) is 5.50. The van der Waals surface area contributed by atoms with Crippen LogP contribution in [0.2, 0.25) is 0 Å². The van der Waals surface area contributed by atoms with E-state index in [1.54, 1.807) is 20.8 Å². The largest absolute Gasteiger partial charge is 0.480 e. The highest BCUT2D eigenvalue weighted by Crippen LogP contribution is 2.44. The second-order valence-corrected chi connectivity index (χ2v) is 10.7. The summed E-state index contributed by atoms with van der Waals surface area (Å²) in [5.74, 6) is -1.67. The number of nitrogens with one attached hydrogen (secondary N) is 2. The number of carboxylic acid groups (broad SMARTS) is 1. The summed E-state index contributed by atoms with van der Waals surface area (Å²) in [5.41, 5.74) is 4.06. The van der Waals surface area contributed by atoms with Crippen molar-refractivity contribution in [1.29, 1.82) is 0 Å². The molecule has 35 heavy (non-hydrogen) atoms. The zero-order valence-corrected chi connectivity index (χ0v) is 20.5. The molecule has 2 aromatic rings. The molecule has 7 nitrogen and oxygen atoms in total. The molecule has 0 heterocycles. The maximum Gasteiger partial charge on any atom is 0.407 e. The van der Waals surface area contributed by atoms with E-state index in [1.165, 1.54) is 11.1 Å². The van der Waals surface area contributed by atoms with Gasteiger partial charge in [0.2, 0.25) is 5.91 Å². The first-order valence-electron chi connectivity index (χ1n) is 12.3. The Hall–Kier alpha value is -3.35. The van der Waals surface area contributed by atoms with E-state index >= 15 is 0 Å². The Bertz CT molecular complexity index is 1060. The third-order valence-electron chi connectivity index (χ3n) is 7.11. The summed E-state index contributed by atoms with van der Waals surface area (Å²) in [6.45, 7) is 5.60. The van der Waals surface area contributed by atoms with Crippen LogP contribution in [0.15, 0.2) is 48.5 Å². The average Bonchev–Trinajstić information content (AvgIpc) is 3.14. The molecule has 0 saturated heterocycles. The number of ether oxygens (including phenoxy) is 1. The quantitative estimate of drug-likeness (QED) is 0.558. The van der Waals surface area contributed by atoms with Gasteiger partial charge in [0.05, 0.1) is 0 Å². The van der Waals surface area contributed by atoms with Crippen molar-refractivity contribution in [1.82, 2.24) is 10.6 Å². The van der Waals surface area contributed by atoms with Gasteiger partial charge in [-0.2, -0.15) is 0 Å². The summed E-state index contributed by atoms with van der Waals surface area (Å²) in [4.78, 5) is 37.1. The maximum atomic E-state index is 12.8. The molecule has 1 fully saturated rings. The Morgan fingerprint density at radius 3 is 2.17 bits per heavy atom. The van der Waals surface area contributed by atoms with Gasteiger partial charge in [0.1, 0.15) is 12.6 Å². The van der Waals surface area contributed by atoms with E-state index in [9.17, 15) is 19.5 Å². The first-order chi connectivity index (χ1) is 16.6. The van der Waals surface area contributed by atoms with Crippen LogP contribution in [0.1, 0.15) is 63.5 Å². The molecule has 0 aliphatic heterocycles. The normalized spacial score (nSPS) is 20.3. The molecule has 0 bridgehead atoms. The number of rotatable bonds is 6.